The van der Waals surface area contributed by atoms with E-state index in [1.165, 1.54) is 0 Å². The van der Waals surface area contributed by atoms with Crippen LogP contribution in [0.2, 0.25) is 0 Å². The highest BCUT2D eigenvalue weighted by Crippen LogP contribution is 2.28. The molecule has 0 N–H and O–H groups in total. The number of carbonyl (C=O) groups excluding carboxylic acids is 1. The minimum absolute atomic E-state index is 0.0462. The lowest BCUT2D eigenvalue weighted by molar-refractivity contribution is -0.132. The van der Waals surface area contributed by atoms with E-state index in [0.717, 1.165) is 44.7 Å². The van der Waals surface area contributed by atoms with Crippen LogP contribution in [-0.4, -0.2) is 47.7 Å². The first kappa shape index (κ1) is 15.7. The highest BCUT2D eigenvalue weighted by atomic mass is 16.5. The zero-order chi connectivity index (χ0) is 15.7. The Hall–Kier alpha value is -1.20. The van der Waals surface area contributed by atoms with Gasteiger partial charge in [0.2, 0.25) is 0 Å². The van der Waals surface area contributed by atoms with Crippen LogP contribution in [0.3, 0.4) is 0 Å². The van der Waals surface area contributed by atoms with Crippen LogP contribution < -0.4 is 0 Å². The van der Waals surface area contributed by atoms with Gasteiger partial charge in [-0.25, -0.2) is 0 Å². The zero-order valence-electron chi connectivity index (χ0n) is 13.8. The third-order valence-corrected chi connectivity index (χ3v) is 4.77. The first-order chi connectivity index (χ1) is 10.4. The normalized spacial score (nSPS) is 24.2. The molecule has 1 atom stereocenters. The number of nitrogens with zero attached hydrogens (tertiary/aromatic N) is 2. The summed E-state index contributed by atoms with van der Waals surface area (Å²) in [5.74, 6) is 0.947. The molecule has 3 rings (SSSR count). The van der Waals surface area contributed by atoms with Gasteiger partial charge < -0.3 is 9.26 Å². The zero-order valence-corrected chi connectivity index (χ0v) is 13.8. The van der Waals surface area contributed by atoms with Gasteiger partial charge in [-0.15, -0.1) is 0 Å². The van der Waals surface area contributed by atoms with E-state index in [9.17, 15) is 4.79 Å². The summed E-state index contributed by atoms with van der Waals surface area (Å²) >= 11 is 0. The maximum Gasteiger partial charge on any atom is 0.157 e. The van der Waals surface area contributed by atoms with Crippen molar-refractivity contribution in [3.8, 4) is 0 Å². The molecular weight excluding hydrogens is 280 g/mol. The summed E-state index contributed by atoms with van der Waals surface area (Å²) < 4.78 is 10.8. The fraction of sp³-hybridized carbons (Fsp3) is 0.765. The molecule has 0 aliphatic carbocycles. The first-order valence-corrected chi connectivity index (χ1v) is 8.27. The molecule has 5 heteroatoms. The van der Waals surface area contributed by atoms with Gasteiger partial charge in [-0.05, 0) is 19.3 Å². The molecular formula is C17H26N2O3. The maximum absolute atomic E-state index is 12.5. The summed E-state index contributed by atoms with van der Waals surface area (Å²) in [4.78, 5) is 14.9. The lowest BCUT2D eigenvalue weighted by atomic mass is 9.90. The summed E-state index contributed by atoms with van der Waals surface area (Å²) in [6, 6.07) is 2.50. The standard InChI is InChI=1S/C17H26N2O3/c1-17(2,3)16-11-13(22-18-16)10-15(20)14-4-7-19(14)12-5-8-21-9-6-12/h11-12,14H,4-10H2,1-3H3/t14-/m0/s1. The predicted octanol–water partition coefficient (Wildman–Crippen LogP) is 2.34. The monoisotopic (exact) mass is 306 g/mol. The van der Waals surface area contributed by atoms with Crippen molar-refractivity contribution in [2.45, 2.75) is 64.0 Å². The number of hydrogen-bond donors (Lipinski definition) is 0. The minimum Gasteiger partial charge on any atom is -0.381 e. The largest absolute Gasteiger partial charge is 0.381 e. The molecule has 2 saturated heterocycles. The van der Waals surface area contributed by atoms with Crippen molar-refractivity contribution in [1.82, 2.24) is 10.1 Å². The van der Waals surface area contributed by atoms with E-state index in [1.807, 2.05) is 6.07 Å². The average Bonchev–Trinajstić information content (AvgIpc) is 2.87. The number of rotatable bonds is 4. The van der Waals surface area contributed by atoms with Crippen LogP contribution in [0, 0.1) is 0 Å². The Morgan fingerprint density at radius 3 is 2.59 bits per heavy atom. The number of ether oxygens (including phenoxy) is 1. The summed E-state index contributed by atoms with van der Waals surface area (Å²) in [6.45, 7) is 8.95. The lowest BCUT2D eigenvalue weighted by Crippen LogP contribution is -2.58. The summed E-state index contributed by atoms with van der Waals surface area (Å²) in [5, 5.41) is 4.10. The van der Waals surface area contributed by atoms with E-state index in [2.05, 4.69) is 30.8 Å². The molecule has 122 valence electrons. The van der Waals surface area contributed by atoms with Crippen LogP contribution in [0.25, 0.3) is 0 Å². The van der Waals surface area contributed by atoms with Crippen LogP contribution in [0.1, 0.15) is 51.5 Å². The van der Waals surface area contributed by atoms with Crippen molar-refractivity contribution in [1.29, 1.82) is 0 Å². The second kappa shape index (κ2) is 6.13. The van der Waals surface area contributed by atoms with Crippen molar-refractivity contribution in [2.75, 3.05) is 19.8 Å². The predicted molar refractivity (Wildman–Crippen MR) is 82.9 cm³/mol. The Kier molecular flexibility index (Phi) is 4.37. The molecule has 1 aromatic heterocycles. The highest BCUT2D eigenvalue weighted by molar-refractivity contribution is 5.86. The Bertz CT molecular complexity index is 526. The summed E-state index contributed by atoms with van der Waals surface area (Å²) in [5.41, 5.74) is 0.861. The molecule has 2 aliphatic rings. The third kappa shape index (κ3) is 3.25. The van der Waals surface area contributed by atoms with E-state index in [-0.39, 0.29) is 17.2 Å². The second-order valence-electron chi connectivity index (χ2n) is 7.46. The van der Waals surface area contributed by atoms with E-state index < -0.39 is 0 Å². The molecule has 2 fully saturated rings. The van der Waals surface area contributed by atoms with E-state index in [0.29, 0.717) is 18.2 Å². The maximum atomic E-state index is 12.5. The number of Topliss-reactive ketones (excluding diaryl/α,β-unsaturated/α-hetero) is 1. The van der Waals surface area contributed by atoms with Crippen LogP contribution in [0.4, 0.5) is 0 Å². The fourth-order valence-electron chi connectivity index (χ4n) is 3.25. The van der Waals surface area contributed by atoms with Crippen molar-refractivity contribution < 1.29 is 14.1 Å². The fourth-order valence-corrected chi connectivity index (χ4v) is 3.25. The van der Waals surface area contributed by atoms with Gasteiger partial charge in [0.05, 0.1) is 18.2 Å². The van der Waals surface area contributed by atoms with Crippen LogP contribution in [-0.2, 0) is 21.4 Å². The molecule has 0 saturated carbocycles. The summed E-state index contributed by atoms with van der Waals surface area (Å²) in [7, 11) is 0. The number of aromatic nitrogens is 1. The van der Waals surface area contributed by atoms with Crippen LogP contribution in [0.15, 0.2) is 10.6 Å². The lowest BCUT2D eigenvalue weighted by Gasteiger charge is -2.46. The van der Waals surface area contributed by atoms with Gasteiger partial charge in [0.1, 0.15) is 5.76 Å². The van der Waals surface area contributed by atoms with E-state index in [1.54, 1.807) is 0 Å². The molecule has 0 spiro atoms. The van der Waals surface area contributed by atoms with Gasteiger partial charge in [0, 0.05) is 37.3 Å². The van der Waals surface area contributed by atoms with Gasteiger partial charge >= 0.3 is 0 Å². The number of likely N-dealkylation sites (tertiary alicyclic amines) is 1. The molecule has 0 amide bonds. The molecule has 0 radical (unpaired) electrons. The molecule has 0 bridgehead atoms. The topological polar surface area (TPSA) is 55.6 Å². The van der Waals surface area contributed by atoms with Gasteiger partial charge in [-0.3, -0.25) is 9.69 Å². The Morgan fingerprint density at radius 1 is 1.32 bits per heavy atom. The van der Waals surface area contributed by atoms with Gasteiger partial charge in [-0.1, -0.05) is 25.9 Å². The molecule has 2 aliphatic heterocycles. The Balaban J connectivity index is 1.58. The molecule has 3 heterocycles. The third-order valence-electron chi connectivity index (χ3n) is 4.77. The van der Waals surface area contributed by atoms with Crippen LogP contribution in [0.5, 0.6) is 0 Å². The molecule has 22 heavy (non-hydrogen) atoms. The smallest absolute Gasteiger partial charge is 0.157 e. The Labute approximate surface area is 132 Å². The molecule has 5 nitrogen and oxygen atoms in total. The quantitative estimate of drug-likeness (QED) is 0.854. The minimum atomic E-state index is -0.0462. The number of carbonyl (C=O) groups is 1. The Morgan fingerprint density at radius 2 is 2.05 bits per heavy atom. The van der Waals surface area contributed by atoms with E-state index in [4.69, 9.17) is 9.26 Å². The number of hydrogen-bond acceptors (Lipinski definition) is 5. The van der Waals surface area contributed by atoms with E-state index >= 15 is 0 Å². The van der Waals surface area contributed by atoms with Crippen molar-refractivity contribution in [3.05, 3.63) is 17.5 Å². The second-order valence-corrected chi connectivity index (χ2v) is 7.46. The van der Waals surface area contributed by atoms with Crippen molar-refractivity contribution in [2.24, 2.45) is 0 Å². The SMILES string of the molecule is CC(C)(C)c1cc(CC(=O)[C@@H]2CCN2C2CCOCC2)on1. The van der Waals surface area contributed by atoms with Gasteiger partial charge in [0.25, 0.3) is 0 Å². The molecule has 1 aromatic rings. The van der Waals surface area contributed by atoms with Crippen molar-refractivity contribution in [3.63, 3.8) is 0 Å². The number of ketones is 1. The first-order valence-electron chi connectivity index (χ1n) is 8.27. The summed E-state index contributed by atoms with van der Waals surface area (Å²) in [6.07, 6.45) is 3.41. The highest BCUT2D eigenvalue weighted by Gasteiger charge is 2.39. The van der Waals surface area contributed by atoms with Crippen LogP contribution >= 0.6 is 0 Å². The van der Waals surface area contributed by atoms with Gasteiger partial charge in [0.15, 0.2) is 5.78 Å². The molecule has 0 aromatic carbocycles. The van der Waals surface area contributed by atoms with Crippen molar-refractivity contribution >= 4 is 5.78 Å². The van der Waals surface area contributed by atoms with Gasteiger partial charge in [-0.2, -0.15) is 0 Å². The molecule has 0 unspecified atom stereocenters. The average molecular weight is 306 g/mol.